The summed E-state index contributed by atoms with van der Waals surface area (Å²) in [6.07, 6.45) is 3.25. The molecule has 0 unspecified atom stereocenters. The van der Waals surface area contributed by atoms with Crippen molar-refractivity contribution in [1.29, 1.82) is 0 Å². The second kappa shape index (κ2) is 8.06. The monoisotopic (exact) mass is 394 g/mol. The van der Waals surface area contributed by atoms with Crippen molar-refractivity contribution in [2.75, 3.05) is 10.6 Å². The smallest absolute Gasteiger partial charge is 0.221 e. The highest BCUT2D eigenvalue weighted by Gasteiger charge is 2.11. The van der Waals surface area contributed by atoms with Crippen LogP contribution in [-0.4, -0.2) is 25.7 Å². The zero-order valence-corrected chi connectivity index (χ0v) is 16.2. The molecule has 2 N–H and O–H groups in total. The van der Waals surface area contributed by atoms with E-state index in [-0.39, 0.29) is 18.3 Å². The lowest BCUT2D eigenvalue weighted by Crippen LogP contribution is -2.06. The highest BCUT2D eigenvalue weighted by molar-refractivity contribution is 5.91. The van der Waals surface area contributed by atoms with Crippen molar-refractivity contribution in [2.45, 2.75) is 13.8 Å². The summed E-state index contributed by atoms with van der Waals surface area (Å²) < 4.78 is 1.79. The molecule has 7 nitrogen and oxygen atoms in total. The molecular weight excluding hydrogens is 376 g/mol. The molecule has 0 atom stereocenters. The number of anilines is 3. The van der Waals surface area contributed by atoms with Crippen LogP contribution in [-0.2, 0) is 4.79 Å². The van der Waals surface area contributed by atoms with E-state index in [1.807, 2.05) is 55.5 Å². The first-order valence-corrected chi connectivity index (χ1v) is 8.50. The number of aromatic nitrogens is 4. The number of carbonyl (C=O) groups excluding carboxylic acids is 1. The number of fused-ring (bicyclic) bond motifs is 1. The van der Waals surface area contributed by atoms with Crippen LogP contribution in [0.4, 0.5) is 17.2 Å². The molecule has 1 amide bonds. The lowest BCUT2D eigenvalue weighted by Gasteiger charge is -2.09. The summed E-state index contributed by atoms with van der Waals surface area (Å²) >= 11 is 0. The molecule has 0 spiro atoms. The van der Waals surface area contributed by atoms with Crippen molar-refractivity contribution < 1.29 is 4.79 Å². The lowest BCUT2D eigenvalue weighted by molar-refractivity contribution is -0.114. The van der Waals surface area contributed by atoms with E-state index in [0.717, 1.165) is 22.4 Å². The third kappa shape index (κ3) is 3.94. The molecule has 8 heteroatoms. The van der Waals surface area contributed by atoms with Gasteiger partial charge in [0, 0.05) is 18.3 Å². The van der Waals surface area contributed by atoms with Crippen LogP contribution < -0.4 is 10.6 Å². The van der Waals surface area contributed by atoms with Gasteiger partial charge in [0.2, 0.25) is 5.91 Å². The Balaban J connectivity index is 0.00000225. The Labute approximate surface area is 168 Å². The van der Waals surface area contributed by atoms with E-state index in [2.05, 4.69) is 25.7 Å². The Morgan fingerprint density at radius 2 is 1.79 bits per heavy atom. The number of carbonyl (C=O) groups is 1. The molecule has 2 aromatic heterocycles. The number of aryl methyl sites for hydroxylation is 1. The first-order valence-electron chi connectivity index (χ1n) is 8.50. The maximum atomic E-state index is 11.3. The van der Waals surface area contributed by atoms with Gasteiger partial charge in [0.25, 0.3) is 0 Å². The first-order chi connectivity index (χ1) is 13.1. The zero-order valence-electron chi connectivity index (χ0n) is 15.4. The van der Waals surface area contributed by atoms with E-state index in [1.54, 1.807) is 10.9 Å². The standard InChI is InChI=1S/C20H18N6O.ClH/c1-13-6-8-17(9-7-13)26-20-18(11-23-26)19(21-12-22-20)25-16-5-3-4-15(10-16)24-14(2)27;/h3-12H,1-2H3,(H,24,27)(H,21,22,25);1H. The molecule has 2 heterocycles. The second-order valence-corrected chi connectivity index (χ2v) is 6.24. The number of hydrogen-bond donors (Lipinski definition) is 2. The predicted molar refractivity (Wildman–Crippen MR) is 113 cm³/mol. The summed E-state index contributed by atoms with van der Waals surface area (Å²) in [5.41, 5.74) is 4.37. The SMILES string of the molecule is CC(=O)Nc1cccc(Nc2ncnc3c2cnn3-c2ccc(C)cc2)c1.Cl. The zero-order chi connectivity index (χ0) is 18.8. The molecule has 0 bridgehead atoms. The van der Waals surface area contributed by atoms with E-state index in [1.165, 1.54) is 18.8 Å². The van der Waals surface area contributed by atoms with Crippen LogP contribution in [0.15, 0.2) is 61.1 Å². The van der Waals surface area contributed by atoms with E-state index < -0.39 is 0 Å². The third-order valence-electron chi connectivity index (χ3n) is 4.09. The van der Waals surface area contributed by atoms with Gasteiger partial charge in [-0.2, -0.15) is 5.10 Å². The lowest BCUT2D eigenvalue weighted by atomic mass is 10.2. The normalized spacial score (nSPS) is 10.4. The summed E-state index contributed by atoms with van der Waals surface area (Å²) in [5, 5.41) is 11.3. The number of nitrogens with zero attached hydrogens (tertiary/aromatic N) is 4. The van der Waals surface area contributed by atoms with Crippen LogP contribution >= 0.6 is 12.4 Å². The molecule has 28 heavy (non-hydrogen) atoms. The van der Waals surface area contributed by atoms with Gasteiger partial charge in [-0.1, -0.05) is 23.8 Å². The van der Waals surface area contributed by atoms with Crippen LogP contribution in [0.5, 0.6) is 0 Å². The predicted octanol–water partition coefficient (Wildman–Crippen LogP) is 4.25. The summed E-state index contributed by atoms with van der Waals surface area (Å²) in [5.74, 6) is 0.536. The minimum Gasteiger partial charge on any atom is -0.339 e. The van der Waals surface area contributed by atoms with Crippen LogP contribution in [0.25, 0.3) is 16.7 Å². The molecule has 0 saturated heterocycles. The highest BCUT2D eigenvalue weighted by atomic mass is 35.5. The number of hydrogen-bond acceptors (Lipinski definition) is 5. The van der Waals surface area contributed by atoms with E-state index in [4.69, 9.17) is 0 Å². The summed E-state index contributed by atoms with van der Waals surface area (Å²) in [7, 11) is 0. The highest BCUT2D eigenvalue weighted by Crippen LogP contribution is 2.25. The minimum absolute atomic E-state index is 0. The van der Waals surface area contributed by atoms with E-state index >= 15 is 0 Å². The van der Waals surface area contributed by atoms with Crippen molar-refractivity contribution in [3.8, 4) is 5.69 Å². The Bertz CT molecular complexity index is 1120. The molecule has 0 fully saturated rings. The maximum Gasteiger partial charge on any atom is 0.221 e. The number of benzene rings is 2. The Morgan fingerprint density at radius 1 is 1.04 bits per heavy atom. The first kappa shape index (κ1) is 19.3. The number of nitrogens with one attached hydrogen (secondary N) is 2. The van der Waals surface area contributed by atoms with Gasteiger partial charge in [0.1, 0.15) is 12.1 Å². The molecule has 0 saturated carbocycles. The van der Waals surface area contributed by atoms with Crippen molar-refractivity contribution >= 4 is 46.5 Å². The van der Waals surface area contributed by atoms with Crippen LogP contribution in [0.3, 0.4) is 0 Å². The molecule has 4 aromatic rings. The molecule has 2 aromatic carbocycles. The van der Waals surface area contributed by atoms with Gasteiger partial charge in [-0.15, -0.1) is 12.4 Å². The Kier molecular flexibility index (Phi) is 5.56. The van der Waals surface area contributed by atoms with Crippen molar-refractivity contribution in [1.82, 2.24) is 19.7 Å². The fourth-order valence-corrected chi connectivity index (χ4v) is 2.83. The molecule has 0 aliphatic carbocycles. The van der Waals surface area contributed by atoms with Crippen molar-refractivity contribution in [2.24, 2.45) is 0 Å². The minimum atomic E-state index is -0.115. The third-order valence-corrected chi connectivity index (χ3v) is 4.09. The van der Waals surface area contributed by atoms with Crippen molar-refractivity contribution in [3.05, 3.63) is 66.6 Å². The summed E-state index contributed by atoms with van der Waals surface area (Å²) in [6.45, 7) is 3.53. The number of halogens is 1. The maximum absolute atomic E-state index is 11.3. The fraction of sp³-hybridized carbons (Fsp3) is 0.100. The Hall–Kier alpha value is -3.45. The van der Waals surface area contributed by atoms with E-state index in [9.17, 15) is 4.79 Å². The molecule has 0 radical (unpaired) electrons. The largest absolute Gasteiger partial charge is 0.339 e. The van der Waals surface area contributed by atoms with Crippen LogP contribution in [0.1, 0.15) is 12.5 Å². The van der Waals surface area contributed by atoms with Gasteiger partial charge in [0.05, 0.1) is 17.3 Å². The van der Waals surface area contributed by atoms with Gasteiger partial charge in [-0.3, -0.25) is 4.79 Å². The molecule has 0 aliphatic rings. The van der Waals surface area contributed by atoms with E-state index in [0.29, 0.717) is 11.5 Å². The van der Waals surface area contributed by atoms with Gasteiger partial charge in [-0.05, 0) is 37.3 Å². The average Bonchev–Trinajstić information content (AvgIpc) is 3.07. The molecular formula is C20H19ClN6O. The van der Waals surface area contributed by atoms with Crippen LogP contribution in [0.2, 0.25) is 0 Å². The summed E-state index contributed by atoms with van der Waals surface area (Å²) in [4.78, 5) is 20.0. The quantitative estimate of drug-likeness (QED) is 0.540. The topological polar surface area (TPSA) is 84.7 Å². The van der Waals surface area contributed by atoms with Gasteiger partial charge < -0.3 is 10.6 Å². The average molecular weight is 395 g/mol. The van der Waals surface area contributed by atoms with Crippen LogP contribution in [0, 0.1) is 6.92 Å². The van der Waals surface area contributed by atoms with Gasteiger partial charge >= 0.3 is 0 Å². The molecule has 142 valence electrons. The Morgan fingerprint density at radius 3 is 2.54 bits per heavy atom. The number of amides is 1. The second-order valence-electron chi connectivity index (χ2n) is 6.24. The molecule has 4 rings (SSSR count). The summed E-state index contributed by atoms with van der Waals surface area (Å²) in [6, 6.07) is 15.5. The molecule has 0 aliphatic heterocycles. The van der Waals surface area contributed by atoms with Crippen molar-refractivity contribution in [3.63, 3.8) is 0 Å². The van der Waals surface area contributed by atoms with Gasteiger partial charge in [0.15, 0.2) is 5.65 Å². The van der Waals surface area contributed by atoms with Gasteiger partial charge in [-0.25, -0.2) is 14.6 Å². The fourth-order valence-electron chi connectivity index (χ4n) is 2.83. The number of rotatable bonds is 4.